The van der Waals surface area contributed by atoms with Crippen molar-refractivity contribution in [3.05, 3.63) is 16.7 Å². The van der Waals surface area contributed by atoms with Gasteiger partial charge in [-0.3, -0.25) is 0 Å². The third-order valence-corrected chi connectivity index (χ3v) is 9.84. The Morgan fingerprint density at radius 1 is 0.714 bits per heavy atom. The first-order chi connectivity index (χ1) is 20.4. The van der Waals surface area contributed by atoms with Crippen molar-refractivity contribution in [1.82, 2.24) is 0 Å². The van der Waals surface area contributed by atoms with Crippen molar-refractivity contribution >= 4 is 0 Å². The number of rotatable bonds is 23. The van der Waals surface area contributed by atoms with Gasteiger partial charge in [0, 0.05) is 29.5 Å². The Balaban J connectivity index is 2.45. The summed E-state index contributed by atoms with van der Waals surface area (Å²) in [5, 5.41) is 23.3. The molecule has 42 heavy (non-hydrogen) atoms. The minimum Gasteiger partial charge on any atom is -0.504 e. The molecule has 1 aromatic carbocycles. The maximum absolute atomic E-state index is 11.7. The standard InChI is InChI=1S/C38H68O4/c1-7-13-15-16-17-18-19-20-21-25-28-33(30-26-23-22-24-27-30)34-31(9-3)37(41-12-6)35(39)32(10-4)36(34)42-38(40,11-5)29-14-8-2/h30,33,39-40H,7-29H2,1-6H3. The second-order valence-corrected chi connectivity index (χ2v) is 13.0. The van der Waals surface area contributed by atoms with Crippen LogP contribution in [0.15, 0.2) is 0 Å². The van der Waals surface area contributed by atoms with E-state index >= 15 is 0 Å². The van der Waals surface area contributed by atoms with Gasteiger partial charge in [-0.2, -0.15) is 0 Å². The first kappa shape index (κ1) is 36.8. The minimum absolute atomic E-state index is 0.213. The van der Waals surface area contributed by atoms with E-state index in [1.807, 2.05) is 13.8 Å². The van der Waals surface area contributed by atoms with Gasteiger partial charge in [0.15, 0.2) is 11.5 Å². The van der Waals surface area contributed by atoms with Gasteiger partial charge in [0.05, 0.1) is 6.61 Å². The van der Waals surface area contributed by atoms with E-state index in [9.17, 15) is 10.2 Å². The Morgan fingerprint density at radius 2 is 1.29 bits per heavy atom. The normalized spacial score (nSPS) is 16.4. The summed E-state index contributed by atoms with van der Waals surface area (Å²) in [6.07, 6.45) is 25.5. The largest absolute Gasteiger partial charge is 0.504 e. The molecule has 0 radical (unpaired) electrons. The Morgan fingerprint density at radius 3 is 1.81 bits per heavy atom. The van der Waals surface area contributed by atoms with Crippen molar-refractivity contribution in [2.75, 3.05) is 6.61 Å². The van der Waals surface area contributed by atoms with Crippen LogP contribution in [0.1, 0.15) is 193 Å². The molecule has 4 nitrogen and oxygen atoms in total. The average Bonchev–Trinajstić information content (AvgIpc) is 3.01. The monoisotopic (exact) mass is 589 g/mol. The lowest BCUT2D eigenvalue weighted by molar-refractivity contribution is -0.146. The molecule has 2 atom stereocenters. The van der Waals surface area contributed by atoms with Gasteiger partial charge in [0.25, 0.3) is 0 Å². The van der Waals surface area contributed by atoms with Gasteiger partial charge >= 0.3 is 0 Å². The van der Waals surface area contributed by atoms with Crippen molar-refractivity contribution in [2.24, 2.45) is 5.92 Å². The first-order valence-electron chi connectivity index (χ1n) is 18.4. The van der Waals surface area contributed by atoms with E-state index in [4.69, 9.17) is 9.47 Å². The fourth-order valence-electron chi connectivity index (χ4n) is 7.24. The van der Waals surface area contributed by atoms with Crippen LogP contribution < -0.4 is 9.47 Å². The van der Waals surface area contributed by atoms with Crippen LogP contribution >= 0.6 is 0 Å². The molecule has 0 aliphatic heterocycles. The number of aliphatic hydroxyl groups is 1. The summed E-state index contributed by atoms with van der Waals surface area (Å²) in [5.41, 5.74) is 3.14. The number of hydrogen-bond donors (Lipinski definition) is 2. The van der Waals surface area contributed by atoms with Gasteiger partial charge in [-0.1, -0.05) is 125 Å². The number of unbranched alkanes of at least 4 members (excludes halogenated alkanes) is 10. The van der Waals surface area contributed by atoms with E-state index in [0.29, 0.717) is 43.5 Å². The summed E-state index contributed by atoms with van der Waals surface area (Å²) >= 11 is 0. The summed E-state index contributed by atoms with van der Waals surface area (Å²) in [6.45, 7) is 13.2. The second-order valence-electron chi connectivity index (χ2n) is 13.0. The zero-order valence-corrected chi connectivity index (χ0v) is 28.6. The molecule has 2 rings (SSSR count). The van der Waals surface area contributed by atoms with Crippen molar-refractivity contribution in [3.8, 4) is 17.2 Å². The molecule has 0 amide bonds. The lowest BCUT2D eigenvalue weighted by atomic mass is 9.72. The number of benzene rings is 1. The highest BCUT2D eigenvalue weighted by atomic mass is 16.6. The van der Waals surface area contributed by atoms with E-state index in [1.54, 1.807) is 0 Å². The maximum Gasteiger partial charge on any atom is 0.207 e. The van der Waals surface area contributed by atoms with Gasteiger partial charge in [-0.15, -0.1) is 0 Å². The Hall–Kier alpha value is -1.42. The molecule has 1 fully saturated rings. The van der Waals surface area contributed by atoms with E-state index in [1.165, 1.54) is 102 Å². The van der Waals surface area contributed by atoms with Crippen molar-refractivity contribution < 1.29 is 19.7 Å². The molecule has 1 aliphatic carbocycles. The Kier molecular flexibility index (Phi) is 18.0. The van der Waals surface area contributed by atoms with Crippen molar-refractivity contribution in [1.29, 1.82) is 0 Å². The summed E-state index contributed by atoms with van der Waals surface area (Å²) in [6, 6.07) is 0. The molecule has 4 heteroatoms. The number of aromatic hydroxyl groups is 1. The zero-order valence-electron chi connectivity index (χ0n) is 28.6. The van der Waals surface area contributed by atoms with Crippen LogP contribution in [0.3, 0.4) is 0 Å². The molecular weight excluding hydrogens is 520 g/mol. The van der Waals surface area contributed by atoms with Crippen molar-refractivity contribution in [2.45, 2.75) is 195 Å². The fraction of sp³-hybridized carbons (Fsp3) is 0.842. The predicted octanol–water partition coefficient (Wildman–Crippen LogP) is 11.6. The summed E-state index contributed by atoms with van der Waals surface area (Å²) < 4.78 is 13.0. The third kappa shape index (κ3) is 10.9. The third-order valence-electron chi connectivity index (χ3n) is 9.84. The smallest absolute Gasteiger partial charge is 0.207 e. The predicted molar refractivity (Wildman–Crippen MR) is 179 cm³/mol. The highest BCUT2D eigenvalue weighted by Crippen LogP contribution is 2.52. The highest BCUT2D eigenvalue weighted by Gasteiger charge is 2.37. The van der Waals surface area contributed by atoms with Crippen LogP contribution in [0, 0.1) is 5.92 Å². The van der Waals surface area contributed by atoms with Crippen molar-refractivity contribution in [3.63, 3.8) is 0 Å². The van der Waals surface area contributed by atoms with Crippen LogP contribution in [-0.2, 0) is 12.8 Å². The molecule has 244 valence electrons. The lowest BCUT2D eigenvalue weighted by Crippen LogP contribution is -2.36. The summed E-state index contributed by atoms with van der Waals surface area (Å²) in [7, 11) is 0. The van der Waals surface area contributed by atoms with Gasteiger partial charge in [-0.05, 0) is 57.3 Å². The molecule has 0 heterocycles. The van der Waals surface area contributed by atoms with Crippen LogP contribution in [0.2, 0.25) is 0 Å². The van der Waals surface area contributed by atoms with E-state index in [2.05, 4.69) is 27.7 Å². The number of phenolic OH excluding ortho intramolecular Hbond substituents is 1. The van der Waals surface area contributed by atoms with Gasteiger partial charge < -0.3 is 19.7 Å². The first-order valence-corrected chi connectivity index (χ1v) is 18.4. The van der Waals surface area contributed by atoms with E-state index < -0.39 is 5.79 Å². The Labute approximate surface area is 260 Å². The van der Waals surface area contributed by atoms with E-state index in [0.717, 1.165) is 42.6 Å². The lowest BCUT2D eigenvalue weighted by Gasteiger charge is -2.37. The van der Waals surface area contributed by atoms with Gasteiger partial charge in [0.1, 0.15) is 5.75 Å². The average molecular weight is 589 g/mol. The SMILES string of the molecule is CCCCCCCCCCCCC(c1c(CC)c(OCC)c(O)c(CC)c1OC(O)(CC)CCCC)C1CCCCC1. The fourth-order valence-corrected chi connectivity index (χ4v) is 7.24. The molecule has 1 aromatic rings. The minimum atomic E-state index is -1.23. The topological polar surface area (TPSA) is 58.9 Å². The molecule has 0 spiro atoms. The quantitative estimate of drug-likeness (QED) is 0.0986. The molecule has 0 aromatic heterocycles. The summed E-state index contributed by atoms with van der Waals surface area (Å²) in [5.74, 6) is 1.37. The number of ether oxygens (including phenoxy) is 2. The van der Waals surface area contributed by atoms with Gasteiger partial charge in [-0.25, -0.2) is 0 Å². The number of phenols is 1. The molecule has 2 unspecified atom stereocenters. The molecular formula is C38H68O4. The molecule has 0 bridgehead atoms. The zero-order chi connectivity index (χ0) is 30.8. The number of hydrogen-bond acceptors (Lipinski definition) is 4. The van der Waals surface area contributed by atoms with Crippen LogP contribution in [0.25, 0.3) is 0 Å². The van der Waals surface area contributed by atoms with Crippen LogP contribution in [0.4, 0.5) is 0 Å². The second kappa shape index (κ2) is 20.5. The molecule has 2 N–H and O–H groups in total. The summed E-state index contributed by atoms with van der Waals surface area (Å²) in [4.78, 5) is 0. The molecule has 1 aliphatic rings. The van der Waals surface area contributed by atoms with Gasteiger partial charge in [0.2, 0.25) is 5.79 Å². The highest BCUT2D eigenvalue weighted by molar-refractivity contribution is 5.64. The molecule has 1 saturated carbocycles. The maximum atomic E-state index is 11.7. The Bertz CT molecular complexity index is 859. The van der Waals surface area contributed by atoms with Crippen LogP contribution in [0.5, 0.6) is 17.2 Å². The van der Waals surface area contributed by atoms with Crippen LogP contribution in [-0.4, -0.2) is 22.6 Å². The van der Waals surface area contributed by atoms with E-state index in [-0.39, 0.29) is 5.75 Å². The molecule has 0 saturated heterocycles.